The normalized spacial score (nSPS) is 14.9. The van der Waals surface area contributed by atoms with E-state index in [4.69, 9.17) is 4.74 Å². The second-order valence-electron chi connectivity index (χ2n) is 7.93. The summed E-state index contributed by atoms with van der Waals surface area (Å²) in [5.41, 5.74) is 2.03. The van der Waals surface area contributed by atoms with Crippen molar-refractivity contribution < 1.29 is 17.9 Å². The maximum absolute atomic E-state index is 12.5. The third-order valence-corrected chi connectivity index (χ3v) is 6.98. The fourth-order valence-corrected chi connectivity index (χ4v) is 4.63. The lowest BCUT2D eigenvalue weighted by Gasteiger charge is -2.26. The molecule has 8 heteroatoms. The molecule has 2 N–H and O–H groups in total. The van der Waals surface area contributed by atoms with Crippen molar-refractivity contribution in [1.29, 1.82) is 0 Å². The largest absolute Gasteiger partial charge is 0.379 e. The fourth-order valence-electron chi connectivity index (χ4n) is 3.59. The Labute approximate surface area is 191 Å². The molecule has 0 aliphatic carbocycles. The Balaban J connectivity index is 1.34. The van der Waals surface area contributed by atoms with Crippen LogP contribution >= 0.6 is 0 Å². The summed E-state index contributed by atoms with van der Waals surface area (Å²) in [6, 6.07) is 16.5. The lowest BCUT2D eigenvalue weighted by molar-refractivity contribution is -0.121. The molecule has 0 spiro atoms. The van der Waals surface area contributed by atoms with Gasteiger partial charge in [0.1, 0.15) is 0 Å². The SMILES string of the molecule is O=C(CCc1ccc(S(=O)(=O)NCCc2ccccc2)cc1)NCCCN1CCOCC1. The number of morpholine rings is 1. The van der Waals surface area contributed by atoms with Crippen molar-refractivity contribution in [3.8, 4) is 0 Å². The first-order valence-corrected chi connectivity index (χ1v) is 12.7. The second kappa shape index (κ2) is 12.7. The predicted octanol–water partition coefficient (Wildman–Crippen LogP) is 1.98. The first-order chi connectivity index (χ1) is 15.5. The molecule has 0 atom stereocenters. The number of nitrogens with one attached hydrogen (secondary N) is 2. The number of carbonyl (C=O) groups excluding carboxylic acids is 1. The zero-order chi connectivity index (χ0) is 22.7. The quantitative estimate of drug-likeness (QED) is 0.474. The van der Waals surface area contributed by atoms with E-state index in [0.717, 1.165) is 50.4 Å². The molecule has 2 aromatic carbocycles. The standard InChI is InChI=1S/C24H33N3O4S/c28-24(25-14-4-16-27-17-19-31-20-18-27)12-9-22-7-10-23(11-8-22)32(29,30)26-15-13-21-5-2-1-3-6-21/h1-3,5-8,10-11,26H,4,9,12-20H2,(H,25,28). The van der Waals surface area contributed by atoms with Gasteiger partial charge in [-0.25, -0.2) is 13.1 Å². The summed E-state index contributed by atoms with van der Waals surface area (Å²) < 4.78 is 32.9. The van der Waals surface area contributed by atoms with Crippen molar-refractivity contribution >= 4 is 15.9 Å². The van der Waals surface area contributed by atoms with E-state index >= 15 is 0 Å². The molecule has 0 bridgehead atoms. The summed E-state index contributed by atoms with van der Waals surface area (Å²) >= 11 is 0. The molecular formula is C24H33N3O4S. The Morgan fingerprint density at radius 1 is 0.906 bits per heavy atom. The minimum absolute atomic E-state index is 0.0197. The van der Waals surface area contributed by atoms with Gasteiger partial charge < -0.3 is 10.1 Å². The highest BCUT2D eigenvalue weighted by atomic mass is 32.2. The van der Waals surface area contributed by atoms with Crippen molar-refractivity contribution in [3.63, 3.8) is 0 Å². The van der Waals surface area contributed by atoms with E-state index in [9.17, 15) is 13.2 Å². The third kappa shape index (κ3) is 8.35. The highest BCUT2D eigenvalue weighted by molar-refractivity contribution is 7.89. The smallest absolute Gasteiger partial charge is 0.240 e. The molecule has 32 heavy (non-hydrogen) atoms. The first kappa shape index (κ1) is 24.4. The molecule has 0 radical (unpaired) electrons. The van der Waals surface area contributed by atoms with Crippen LogP contribution in [-0.2, 0) is 32.4 Å². The van der Waals surface area contributed by atoms with E-state index in [2.05, 4.69) is 14.9 Å². The van der Waals surface area contributed by atoms with Gasteiger partial charge >= 0.3 is 0 Å². The van der Waals surface area contributed by atoms with Crippen LogP contribution in [0.25, 0.3) is 0 Å². The monoisotopic (exact) mass is 459 g/mol. The Hall–Kier alpha value is -2.26. The Kier molecular flexibility index (Phi) is 9.67. The van der Waals surface area contributed by atoms with Crippen LogP contribution in [0, 0.1) is 0 Å². The van der Waals surface area contributed by atoms with Crippen molar-refractivity contribution in [2.24, 2.45) is 0 Å². The van der Waals surface area contributed by atoms with Crippen molar-refractivity contribution in [3.05, 3.63) is 65.7 Å². The van der Waals surface area contributed by atoms with Gasteiger partial charge in [-0.2, -0.15) is 0 Å². The second-order valence-corrected chi connectivity index (χ2v) is 9.70. The molecule has 1 saturated heterocycles. The topological polar surface area (TPSA) is 87.7 Å². The Morgan fingerprint density at radius 2 is 1.59 bits per heavy atom. The van der Waals surface area contributed by atoms with Crippen LogP contribution in [0.2, 0.25) is 0 Å². The maximum Gasteiger partial charge on any atom is 0.240 e. The number of carbonyl (C=O) groups is 1. The van der Waals surface area contributed by atoms with E-state index in [-0.39, 0.29) is 10.8 Å². The van der Waals surface area contributed by atoms with Gasteiger partial charge in [-0.1, -0.05) is 42.5 Å². The van der Waals surface area contributed by atoms with Crippen LogP contribution in [0.15, 0.2) is 59.5 Å². The molecule has 7 nitrogen and oxygen atoms in total. The van der Waals surface area contributed by atoms with Crippen molar-refractivity contribution in [2.45, 2.75) is 30.6 Å². The van der Waals surface area contributed by atoms with E-state index in [1.165, 1.54) is 0 Å². The molecule has 0 saturated carbocycles. The van der Waals surface area contributed by atoms with Gasteiger partial charge in [0, 0.05) is 32.6 Å². The zero-order valence-electron chi connectivity index (χ0n) is 18.5. The molecule has 3 rings (SSSR count). The number of aryl methyl sites for hydroxylation is 1. The Morgan fingerprint density at radius 3 is 2.31 bits per heavy atom. The van der Waals surface area contributed by atoms with Gasteiger partial charge in [0.05, 0.1) is 18.1 Å². The minimum atomic E-state index is -3.54. The highest BCUT2D eigenvalue weighted by Crippen LogP contribution is 2.12. The number of hydrogen-bond acceptors (Lipinski definition) is 5. The van der Waals surface area contributed by atoms with E-state index in [0.29, 0.717) is 32.4 Å². The lowest BCUT2D eigenvalue weighted by atomic mass is 10.1. The summed E-state index contributed by atoms with van der Waals surface area (Å²) in [4.78, 5) is 14.7. The minimum Gasteiger partial charge on any atom is -0.379 e. The fraction of sp³-hybridized carbons (Fsp3) is 0.458. The zero-order valence-corrected chi connectivity index (χ0v) is 19.3. The lowest BCUT2D eigenvalue weighted by Crippen LogP contribution is -2.38. The van der Waals surface area contributed by atoms with E-state index in [1.54, 1.807) is 24.3 Å². The summed E-state index contributed by atoms with van der Waals surface area (Å²) in [6.45, 7) is 5.48. The summed E-state index contributed by atoms with van der Waals surface area (Å²) in [6.07, 6.45) is 2.53. The average Bonchev–Trinajstić information content (AvgIpc) is 2.82. The van der Waals surface area contributed by atoms with E-state index in [1.807, 2.05) is 30.3 Å². The molecule has 174 valence electrons. The molecule has 1 aliphatic rings. The average molecular weight is 460 g/mol. The molecule has 0 unspecified atom stereocenters. The molecule has 1 aliphatic heterocycles. The number of sulfonamides is 1. The number of hydrogen-bond donors (Lipinski definition) is 2. The number of amides is 1. The summed E-state index contributed by atoms with van der Waals surface area (Å²) in [5.74, 6) is 0.0197. The van der Waals surface area contributed by atoms with Gasteiger partial charge in [0.2, 0.25) is 15.9 Å². The number of rotatable bonds is 12. The molecular weight excluding hydrogens is 426 g/mol. The van der Waals surface area contributed by atoms with Gasteiger partial charge in [0.15, 0.2) is 0 Å². The first-order valence-electron chi connectivity index (χ1n) is 11.2. The molecule has 1 fully saturated rings. The van der Waals surface area contributed by atoms with Gasteiger partial charge in [-0.05, 0) is 49.1 Å². The summed E-state index contributed by atoms with van der Waals surface area (Å²) in [7, 11) is -3.54. The molecule has 0 aromatic heterocycles. The summed E-state index contributed by atoms with van der Waals surface area (Å²) in [5, 5.41) is 2.96. The number of nitrogens with zero attached hydrogens (tertiary/aromatic N) is 1. The van der Waals surface area contributed by atoms with Crippen LogP contribution < -0.4 is 10.0 Å². The van der Waals surface area contributed by atoms with Gasteiger partial charge in [0.25, 0.3) is 0 Å². The highest BCUT2D eigenvalue weighted by Gasteiger charge is 2.13. The van der Waals surface area contributed by atoms with Crippen LogP contribution in [0.3, 0.4) is 0 Å². The number of ether oxygens (including phenoxy) is 1. The molecule has 1 heterocycles. The van der Waals surface area contributed by atoms with Gasteiger partial charge in [-0.15, -0.1) is 0 Å². The molecule has 2 aromatic rings. The Bertz CT molecular complexity index is 927. The van der Waals surface area contributed by atoms with Crippen molar-refractivity contribution in [1.82, 2.24) is 14.9 Å². The number of benzene rings is 2. The van der Waals surface area contributed by atoms with Crippen LogP contribution in [-0.4, -0.2) is 65.2 Å². The van der Waals surface area contributed by atoms with Crippen LogP contribution in [0.1, 0.15) is 24.0 Å². The van der Waals surface area contributed by atoms with Crippen LogP contribution in [0.4, 0.5) is 0 Å². The predicted molar refractivity (Wildman–Crippen MR) is 125 cm³/mol. The third-order valence-electron chi connectivity index (χ3n) is 5.50. The van der Waals surface area contributed by atoms with Gasteiger partial charge in [-0.3, -0.25) is 9.69 Å². The van der Waals surface area contributed by atoms with E-state index < -0.39 is 10.0 Å². The maximum atomic E-state index is 12.5. The van der Waals surface area contributed by atoms with Crippen LogP contribution in [0.5, 0.6) is 0 Å². The molecule has 1 amide bonds. The van der Waals surface area contributed by atoms with Crippen molar-refractivity contribution in [2.75, 3.05) is 45.9 Å².